The second-order valence-corrected chi connectivity index (χ2v) is 3.58. The monoisotopic (exact) mass is 196 g/mol. The van der Waals surface area contributed by atoms with Crippen LogP contribution >= 0.6 is 0 Å². The minimum absolute atomic E-state index is 0.0989. The van der Waals surface area contributed by atoms with Crippen molar-refractivity contribution in [2.75, 3.05) is 26.2 Å². The van der Waals surface area contributed by atoms with E-state index in [0.29, 0.717) is 24.0 Å². The van der Waals surface area contributed by atoms with Crippen molar-refractivity contribution in [1.82, 2.24) is 9.80 Å². The van der Waals surface area contributed by atoms with Gasteiger partial charge in [0.05, 0.1) is 0 Å². The Bertz CT molecular complexity index is 159. The number of hydrogen-bond acceptors (Lipinski definition) is 2. The summed E-state index contributed by atoms with van der Waals surface area (Å²) in [6.07, 6.45) is -4.15. The minimum Gasteiger partial charge on any atom is -0.298 e. The molecule has 0 N–H and O–H groups in total. The molecular formula is C8H15F3N2. The van der Waals surface area contributed by atoms with E-state index in [0.717, 1.165) is 0 Å². The van der Waals surface area contributed by atoms with E-state index in [1.807, 2.05) is 13.8 Å². The molecule has 1 heterocycles. The normalized spacial score (nSPS) is 22.6. The van der Waals surface area contributed by atoms with Crippen LogP contribution in [0.5, 0.6) is 0 Å². The van der Waals surface area contributed by atoms with Gasteiger partial charge in [-0.15, -0.1) is 0 Å². The van der Waals surface area contributed by atoms with E-state index in [4.69, 9.17) is 0 Å². The van der Waals surface area contributed by atoms with E-state index in [1.54, 1.807) is 0 Å². The lowest BCUT2D eigenvalue weighted by Gasteiger charge is -2.37. The maximum absolute atomic E-state index is 12.2. The summed E-state index contributed by atoms with van der Waals surface area (Å²) in [6, 6.07) is 0.343. The van der Waals surface area contributed by atoms with Crippen LogP contribution in [0.25, 0.3) is 0 Å². The van der Waals surface area contributed by atoms with E-state index in [1.165, 1.54) is 0 Å². The fourth-order valence-corrected chi connectivity index (χ4v) is 1.49. The van der Waals surface area contributed by atoms with Crippen molar-refractivity contribution in [2.24, 2.45) is 0 Å². The summed E-state index contributed by atoms with van der Waals surface area (Å²) in [5.74, 6) is 0. The Morgan fingerprint density at radius 3 is 1.77 bits per heavy atom. The van der Waals surface area contributed by atoms with E-state index >= 15 is 0 Å². The summed E-state index contributed by atoms with van der Waals surface area (Å²) in [4.78, 5) is 2.63. The van der Waals surface area contributed by atoms with E-state index in [9.17, 15) is 13.2 Å². The lowest BCUT2D eigenvalue weighted by Crippen LogP contribution is -2.53. The predicted octanol–water partition coefficient (Wildman–Crippen LogP) is 1.53. The molecule has 1 aliphatic heterocycles. The van der Waals surface area contributed by atoms with Crippen LogP contribution in [-0.2, 0) is 0 Å². The Labute approximate surface area is 76.3 Å². The molecule has 0 aromatic heterocycles. The predicted molar refractivity (Wildman–Crippen MR) is 44.3 cm³/mol. The fraction of sp³-hybridized carbons (Fsp3) is 1.00. The van der Waals surface area contributed by atoms with E-state index in [-0.39, 0.29) is 13.1 Å². The van der Waals surface area contributed by atoms with Crippen molar-refractivity contribution >= 4 is 0 Å². The molecule has 0 bridgehead atoms. The lowest BCUT2D eigenvalue weighted by molar-refractivity contribution is -0.253. The molecule has 1 aliphatic rings. The quantitative estimate of drug-likeness (QED) is 0.587. The largest absolute Gasteiger partial charge is 0.460 e. The average molecular weight is 196 g/mol. The first kappa shape index (κ1) is 10.8. The maximum Gasteiger partial charge on any atom is 0.460 e. The van der Waals surface area contributed by atoms with Crippen LogP contribution in [0.3, 0.4) is 0 Å². The van der Waals surface area contributed by atoms with Gasteiger partial charge in [0.2, 0.25) is 0 Å². The van der Waals surface area contributed by atoms with Gasteiger partial charge in [-0.25, -0.2) is 4.90 Å². The molecule has 2 nitrogen and oxygen atoms in total. The second kappa shape index (κ2) is 3.84. The number of nitrogens with zero attached hydrogens (tertiary/aromatic N) is 2. The molecule has 0 radical (unpaired) electrons. The fourth-order valence-electron chi connectivity index (χ4n) is 1.49. The summed E-state index contributed by atoms with van der Waals surface area (Å²) >= 11 is 0. The summed E-state index contributed by atoms with van der Waals surface area (Å²) in [5, 5.41) is 0. The smallest absolute Gasteiger partial charge is 0.298 e. The molecule has 0 aromatic carbocycles. The molecule has 13 heavy (non-hydrogen) atoms. The summed E-state index contributed by atoms with van der Waals surface area (Å²) in [5.41, 5.74) is 0. The topological polar surface area (TPSA) is 6.48 Å². The molecule has 78 valence electrons. The van der Waals surface area contributed by atoms with Crippen molar-refractivity contribution in [3.63, 3.8) is 0 Å². The van der Waals surface area contributed by atoms with Crippen molar-refractivity contribution in [1.29, 1.82) is 0 Å². The van der Waals surface area contributed by atoms with Gasteiger partial charge in [0.1, 0.15) is 0 Å². The molecule has 0 saturated carbocycles. The van der Waals surface area contributed by atoms with Crippen molar-refractivity contribution in [3.05, 3.63) is 0 Å². The van der Waals surface area contributed by atoms with Gasteiger partial charge in [0.15, 0.2) is 0 Å². The van der Waals surface area contributed by atoms with Crippen LogP contribution in [0.4, 0.5) is 13.2 Å². The zero-order valence-electron chi connectivity index (χ0n) is 7.93. The number of hydrogen-bond donors (Lipinski definition) is 0. The highest BCUT2D eigenvalue weighted by atomic mass is 19.4. The molecule has 0 unspecified atom stereocenters. The van der Waals surface area contributed by atoms with E-state index in [2.05, 4.69) is 4.90 Å². The van der Waals surface area contributed by atoms with Gasteiger partial charge in [-0.3, -0.25) is 4.90 Å². The lowest BCUT2D eigenvalue weighted by atomic mass is 10.2. The van der Waals surface area contributed by atoms with Gasteiger partial charge >= 0.3 is 6.30 Å². The van der Waals surface area contributed by atoms with Crippen molar-refractivity contribution in [3.8, 4) is 0 Å². The molecule has 1 fully saturated rings. The van der Waals surface area contributed by atoms with Crippen LogP contribution in [0.1, 0.15) is 13.8 Å². The van der Waals surface area contributed by atoms with Gasteiger partial charge < -0.3 is 0 Å². The van der Waals surface area contributed by atoms with Gasteiger partial charge in [0.25, 0.3) is 0 Å². The van der Waals surface area contributed by atoms with Crippen LogP contribution in [0.2, 0.25) is 0 Å². The molecular weight excluding hydrogens is 181 g/mol. The highest BCUT2D eigenvalue weighted by Gasteiger charge is 2.38. The molecule has 0 aliphatic carbocycles. The standard InChI is InChI=1S/C8H15F3N2/c1-7(2)12-3-5-13(6-4-12)8(9,10)11/h7H,3-6H2,1-2H3. The molecule has 5 heteroatoms. The van der Waals surface area contributed by atoms with Crippen LogP contribution in [0.15, 0.2) is 0 Å². The third kappa shape index (κ3) is 2.84. The molecule has 0 amide bonds. The van der Waals surface area contributed by atoms with Gasteiger partial charge in [-0.2, -0.15) is 13.2 Å². The first-order valence-electron chi connectivity index (χ1n) is 4.47. The maximum atomic E-state index is 12.2. The van der Waals surface area contributed by atoms with Gasteiger partial charge in [-0.05, 0) is 13.8 Å². The zero-order valence-corrected chi connectivity index (χ0v) is 7.93. The molecule has 1 saturated heterocycles. The number of rotatable bonds is 1. The first-order valence-corrected chi connectivity index (χ1v) is 4.47. The summed E-state index contributed by atoms with van der Waals surface area (Å²) in [7, 11) is 0. The summed E-state index contributed by atoms with van der Waals surface area (Å²) < 4.78 is 36.5. The Balaban J connectivity index is 2.39. The average Bonchev–Trinajstić information content (AvgIpc) is 2.03. The third-order valence-corrected chi connectivity index (χ3v) is 2.40. The van der Waals surface area contributed by atoms with Gasteiger partial charge in [0, 0.05) is 32.2 Å². The first-order chi connectivity index (χ1) is 5.91. The number of piperazine rings is 1. The molecule has 0 aromatic rings. The van der Waals surface area contributed by atoms with Crippen LogP contribution in [0, 0.1) is 0 Å². The van der Waals surface area contributed by atoms with Crippen LogP contribution in [-0.4, -0.2) is 48.3 Å². The highest BCUT2D eigenvalue weighted by Crippen LogP contribution is 2.22. The number of halogens is 3. The molecule has 0 spiro atoms. The van der Waals surface area contributed by atoms with Gasteiger partial charge in [-0.1, -0.05) is 0 Å². The number of alkyl halides is 3. The van der Waals surface area contributed by atoms with Crippen molar-refractivity contribution in [2.45, 2.75) is 26.2 Å². The summed E-state index contributed by atoms with van der Waals surface area (Å²) in [6.45, 7) is 5.23. The third-order valence-electron chi connectivity index (χ3n) is 2.40. The highest BCUT2D eigenvalue weighted by molar-refractivity contribution is 4.75. The second-order valence-electron chi connectivity index (χ2n) is 3.58. The Morgan fingerprint density at radius 1 is 1.00 bits per heavy atom. The van der Waals surface area contributed by atoms with E-state index < -0.39 is 6.30 Å². The SMILES string of the molecule is CC(C)N1CCN(C(F)(F)F)CC1. The Hall–Kier alpha value is -0.290. The molecule has 1 rings (SSSR count). The van der Waals surface area contributed by atoms with Crippen molar-refractivity contribution < 1.29 is 13.2 Å². The van der Waals surface area contributed by atoms with Crippen LogP contribution < -0.4 is 0 Å². The minimum atomic E-state index is -4.15. The zero-order chi connectivity index (χ0) is 10.1. The molecule has 0 atom stereocenters. The Kier molecular flexibility index (Phi) is 3.18. The Morgan fingerprint density at radius 2 is 1.46 bits per heavy atom.